The van der Waals surface area contributed by atoms with Crippen molar-refractivity contribution in [2.24, 2.45) is 0 Å². The van der Waals surface area contributed by atoms with Crippen LogP contribution in [0.3, 0.4) is 0 Å². The molecular formula is C12H13Cl2N3O2S. The van der Waals surface area contributed by atoms with Gasteiger partial charge < -0.3 is 4.98 Å². The molecule has 0 unspecified atom stereocenters. The number of H-pyrrole nitrogens is 1. The molecule has 2 aromatic rings. The van der Waals surface area contributed by atoms with Crippen LogP contribution in [-0.2, 0) is 16.4 Å². The minimum atomic E-state index is -3.71. The Kier molecular flexibility index (Phi) is 5.04. The quantitative estimate of drug-likeness (QED) is 0.798. The average molecular weight is 334 g/mol. The summed E-state index contributed by atoms with van der Waals surface area (Å²) in [7, 11) is -3.71. The zero-order valence-corrected chi connectivity index (χ0v) is 12.8. The number of aromatic amines is 1. The van der Waals surface area contributed by atoms with Gasteiger partial charge in [-0.05, 0) is 18.6 Å². The van der Waals surface area contributed by atoms with Gasteiger partial charge in [-0.15, -0.1) is 0 Å². The lowest BCUT2D eigenvalue weighted by atomic mass is 10.3. The zero-order valence-electron chi connectivity index (χ0n) is 10.4. The van der Waals surface area contributed by atoms with Crippen molar-refractivity contribution in [2.75, 3.05) is 6.54 Å². The molecule has 108 valence electrons. The Hall–Kier alpha value is -1.08. The molecule has 2 rings (SSSR count). The monoisotopic (exact) mass is 333 g/mol. The van der Waals surface area contributed by atoms with E-state index in [0.29, 0.717) is 12.8 Å². The number of nitrogens with one attached hydrogen (secondary N) is 2. The fourth-order valence-corrected chi connectivity index (χ4v) is 3.92. The molecule has 0 aliphatic rings. The highest BCUT2D eigenvalue weighted by Gasteiger charge is 2.20. The Morgan fingerprint density at radius 1 is 1.25 bits per heavy atom. The van der Waals surface area contributed by atoms with Gasteiger partial charge in [0.05, 0.1) is 10.0 Å². The van der Waals surface area contributed by atoms with Crippen molar-refractivity contribution in [3.05, 3.63) is 46.5 Å². The van der Waals surface area contributed by atoms with Gasteiger partial charge in [0.1, 0.15) is 10.7 Å². The fourth-order valence-electron chi connectivity index (χ4n) is 1.71. The smallest absolute Gasteiger partial charge is 0.243 e. The third-order valence-corrected chi connectivity index (χ3v) is 5.04. The van der Waals surface area contributed by atoms with Gasteiger partial charge in [-0.25, -0.2) is 18.1 Å². The number of aryl methyl sites for hydroxylation is 1. The second-order valence-corrected chi connectivity index (χ2v) is 6.61. The first-order chi connectivity index (χ1) is 9.50. The van der Waals surface area contributed by atoms with Crippen LogP contribution in [0.2, 0.25) is 10.0 Å². The summed E-state index contributed by atoms with van der Waals surface area (Å²) in [4.78, 5) is 6.93. The first-order valence-corrected chi connectivity index (χ1v) is 8.16. The maximum atomic E-state index is 12.1. The molecule has 0 bridgehead atoms. The van der Waals surface area contributed by atoms with E-state index in [1.807, 2.05) is 0 Å². The van der Waals surface area contributed by atoms with E-state index in [1.54, 1.807) is 18.5 Å². The van der Waals surface area contributed by atoms with Crippen LogP contribution in [0.25, 0.3) is 0 Å². The highest BCUT2D eigenvalue weighted by Crippen LogP contribution is 2.28. The van der Waals surface area contributed by atoms with Crippen LogP contribution in [0.15, 0.2) is 35.5 Å². The minimum absolute atomic E-state index is 0.0821. The summed E-state index contributed by atoms with van der Waals surface area (Å²) in [5, 5.41) is 0.215. The molecule has 1 heterocycles. The van der Waals surface area contributed by atoms with E-state index in [-0.39, 0.29) is 21.5 Å². The molecule has 1 aromatic heterocycles. The van der Waals surface area contributed by atoms with E-state index < -0.39 is 10.0 Å². The Balaban J connectivity index is 1.97. The average Bonchev–Trinajstić information content (AvgIpc) is 2.87. The van der Waals surface area contributed by atoms with Crippen LogP contribution < -0.4 is 4.72 Å². The molecule has 0 saturated carbocycles. The lowest BCUT2D eigenvalue weighted by molar-refractivity contribution is 0.578. The van der Waals surface area contributed by atoms with E-state index in [1.165, 1.54) is 12.1 Å². The number of hydrogen-bond acceptors (Lipinski definition) is 3. The molecule has 2 N–H and O–H groups in total. The highest BCUT2D eigenvalue weighted by molar-refractivity contribution is 7.89. The fraction of sp³-hybridized carbons (Fsp3) is 0.250. The third-order valence-electron chi connectivity index (χ3n) is 2.62. The predicted molar refractivity (Wildman–Crippen MR) is 78.6 cm³/mol. The topological polar surface area (TPSA) is 74.8 Å². The van der Waals surface area contributed by atoms with Crippen molar-refractivity contribution in [3.63, 3.8) is 0 Å². The minimum Gasteiger partial charge on any atom is -0.349 e. The number of benzene rings is 1. The van der Waals surface area contributed by atoms with Gasteiger partial charge in [0, 0.05) is 25.4 Å². The molecule has 0 aliphatic heterocycles. The molecule has 0 atom stereocenters. The van der Waals surface area contributed by atoms with Gasteiger partial charge in [-0.1, -0.05) is 29.3 Å². The standard InChI is InChI=1S/C12H13Cl2N3O2S/c13-9-3-1-4-10(14)12(9)20(18,19)17-6-2-5-11-15-7-8-16-11/h1,3-4,7-8,17H,2,5-6H2,(H,15,16). The number of nitrogens with zero attached hydrogens (tertiary/aromatic N) is 1. The number of halogens is 2. The van der Waals surface area contributed by atoms with Crippen LogP contribution >= 0.6 is 23.2 Å². The van der Waals surface area contributed by atoms with Crippen molar-refractivity contribution < 1.29 is 8.42 Å². The molecule has 0 fully saturated rings. The van der Waals surface area contributed by atoms with Gasteiger partial charge in [0.2, 0.25) is 10.0 Å². The Labute approximate surface area is 127 Å². The van der Waals surface area contributed by atoms with Crippen LogP contribution in [0.4, 0.5) is 0 Å². The summed E-state index contributed by atoms with van der Waals surface area (Å²) in [6.07, 6.45) is 4.66. The lowest BCUT2D eigenvalue weighted by Crippen LogP contribution is -2.25. The molecule has 20 heavy (non-hydrogen) atoms. The highest BCUT2D eigenvalue weighted by atomic mass is 35.5. The van der Waals surface area contributed by atoms with E-state index in [0.717, 1.165) is 5.82 Å². The maximum absolute atomic E-state index is 12.1. The lowest BCUT2D eigenvalue weighted by Gasteiger charge is -2.09. The third kappa shape index (κ3) is 3.73. The summed E-state index contributed by atoms with van der Waals surface area (Å²) in [6, 6.07) is 4.58. The van der Waals surface area contributed by atoms with Gasteiger partial charge >= 0.3 is 0 Å². The molecule has 0 aliphatic carbocycles. The Bertz CT molecular complexity index is 652. The molecule has 5 nitrogen and oxygen atoms in total. The molecule has 0 radical (unpaired) electrons. The summed E-state index contributed by atoms with van der Waals surface area (Å²) < 4.78 is 26.7. The molecule has 0 saturated heterocycles. The summed E-state index contributed by atoms with van der Waals surface area (Å²) in [5.41, 5.74) is 0. The molecule has 1 aromatic carbocycles. The number of rotatable bonds is 6. The van der Waals surface area contributed by atoms with Crippen LogP contribution in [0, 0.1) is 0 Å². The van der Waals surface area contributed by atoms with Crippen LogP contribution in [0.1, 0.15) is 12.2 Å². The zero-order chi connectivity index (χ0) is 14.6. The van der Waals surface area contributed by atoms with Gasteiger partial charge in [-0.2, -0.15) is 0 Å². The largest absolute Gasteiger partial charge is 0.349 e. The van der Waals surface area contributed by atoms with Gasteiger partial charge in [0.15, 0.2) is 0 Å². The second-order valence-electron chi connectivity index (χ2n) is 4.09. The van der Waals surface area contributed by atoms with E-state index >= 15 is 0 Å². The first-order valence-electron chi connectivity index (χ1n) is 5.92. The number of imidazole rings is 1. The van der Waals surface area contributed by atoms with E-state index in [4.69, 9.17) is 23.2 Å². The van der Waals surface area contributed by atoms with Gasteiger partial charge in [-0.3, -0.25) is 0 Å². The van der Waals surface area contributed by atoms with Crippen molar-refractivity contribution >= 4 is 33.2 Å². The van der Waals surface area contributed by atoms with Crippen molar-refractivity contribution in [3.8, 4) is 0 Å². The molecule has 8 heteroatoms. The summed E-state index contributed by atoms with van der Waals surface area (Å²) in [6.45, 7) is 0.282. The normalized spacial score (nSPS) is 11.7. The Morgan fingerprint density at radius 3 is 2.55 bits per heavy atom. The molecular weight excluding hydrogens is 321 g/mol. The molecule has 0 amide bonds. The van der Waals surface area contributed by atoms with Crippen molar-refractivity contribution in [1.29, 1.82) is 0 Å². The number of aromatic nitrogens is 2. The van der Waals surface area contributed by atoms with E-state index in [2.05, 4.69) is 14.7 Å². The Morgan fingerprint density at radius 2 is 1.95 bits per heavy atom. The van der Waals surface area contributed by atoms with Crippen LogP contribution in [0.5, 0.6) is 0 Å². The summed E-state index contributed by atoms with van der Waals surface area (Å²) in [5.74, 6) is 0.819. The predicted octanol–water partition coefficient (Wildman–Crippen LogP) is 2.63. The van der Waals surface area contributed by atoms with Crippen LogP contribution in [-0.4, -0.2) is 24.9 Å². The number of hydrogen-bond donors (Lipinski definition) is 2. The summed E-state index contributed by atoms with van der Waals surface area (Å²) >= 11 is 11.8. The SMILES string of the molecule is O=S(=O)(NCCCc1ncc[nH]1)c1c(Cl)cccc1Cl. The number of sulfonamides is 1. The van der Waals surface area contributed by atoms with E-state index in [9.17, 15) is 8.42 Å². The maximum Gasteiger partial charge on any atom is 0.243 e. The van der Waals surface area contributed by atoms with Crippen molar-refractivity contribution in [2.45, 2.75) is 17.7 Å². The first kappa shape index (κ1) is 15.3. The molecule has 0 spiro atoms. The second kappa shape index (κ2) is 6.58. The van der Waals surface area contributed by atoms with Gasteiger partial charge in [0.25, 0.3) is 0 Å². The van der Waals surface area contributed by atoms with Crippen molar-refractivity contribution in [1.82, 2.24) is 14.7 Å².